The lowest BCUT2D eigenvalue weighted by Crippen LogP contribution is -2.60. The van der Waals surface area contributed by atoms with Crippen molar-refractivity contribution in [2.75, 3.05) is 19.7 Å². The molecule has 4 rings (SSSR count). The van der Waals surface area contributed by atoms with Crippen LogP contribution < -0.4 is 0 Å². The quantitative estimate of drug-likeness (QED) is 0.621. The number of hydrogen-bond acceptors (Lipinski definition) is 6. The molecular weight excluding hydrogens is 396 g/mol. The Morgan fingerprint density at radius 1 is 0.742 bits per heavy atom. The van der Waals surface area contributed by atoms with Gasteiger partial charge in [0, 0.05) is 25.6 Å². The van der Waals surface area contributed by atoms with Gasteiger partial charge >= 0.3 is 0 Å². The first-order chi connectivity index (χ1) is 15.0. The van der Waals surface area contributed by atoms with E-state index >= 15 is 0 Å². The van der Waals surface area contributed by atoms with Crippen LogP contribution in [0.4, 0.5) is 0 Å². The molecule has 0 spiro atoms. The van der Waals surface area contributed by atoms with Crippen LogP contribution >= 0.6 is 0 Å². The Hall–Kier alpha value is -1.80. The Labute approximate surface area is 184 Å². The van der Waals surface area contributed by atoms with E-state index in [2.05, 4.69) is 0 Å². The Morgan fingerprint density at radius 2 is 1.16 bits per heavy atom. The fraction of sp³-hybridized carbons (Fsp3) is 0.667. The number of imide groups is 1. The first-order valence-electron chi connectivity index (χ1n) is 11.7. The van der Waals surface area contributed by atoms with Crippen LogP contribution in [0.2, 0.25) is 0 Å². The molecular formula is C24H36N2O5. The molecule has 1 saturated carbocycles. The van der Waals surface area contributed by atoms with Crippen molar-refractivity contribution < 1.29 is 24.9 Å². The SMILES string of the molecule is C1CCCCCCCCC1.O=C1c2ccccc2C(=O)N1N1CC(O)C(O)C(CO)C1. The van der Waals surface area contributed by atoms with Gasteiger partial charge in [-0.25, -0.2) is 10.0 Å². The van der Waals surface area contributed by atoms with Gasteiger partial charge in [-0.1, -0.05) is 76.3 Å². The predicted octanol–water partition coefficient (Wildman–Crippen LogP) is 2.74. The molecule has 3 aliphatic rings. The number of hydrazine groups is 1. The van der Waals surface area contributed by atoms with E-state index in [1.54, 1.807) is 24.3 Å². The highest BCUT2D eigenvalue weighted by Gasteiger charge is 2.44. The molecule has 2 heterocycles. The van der Waals surface area contributed by atoms with Crippen LogP contribution in [0.3, 0.4) is 0 Å². The molecule has 1 aromatic rings. The Bertz CT molecular complexity index is 672. The van der Waals surface area contributed by atoms with Gasteiger partial charge in [0.1, 0.15) is 0 Å². The average Bonchev–Trinajstić information content (AvgIpc) is 3.05. The number of fused-ring (bicyclic) bond motifs is 1. The van der Waals surface area contributed by atoms with E-state index in [0.29, 0.717) is 11.1 Å². The zero-order valence-electron chi connectivity index (χ0n) is 18.3. The highest BCUT2D eigenvalue weighted by Crippen LogP contribution is 2.27. The highest BCUT2D eigenvalue weighted by molar-refractivity contribution is 6.20. The third kappa shape index (κ3) is 5.92. The largest absolute Gasteiger partial charge is 0.396 e. The lowest BCUT2D eigenvalue weighted by atomic mass is 9.94. The molecule has 7 heteroatoms. The molecule has 31 heavy (non-hydrogen) atoms. The Morgan fingerprint density at radius 3 is 1.55 bits per heavy atom. The van der Waals surface area contributed by atoms with E-state index in [4.69, 9.17) is 0 Å². The van der Waals surface area contributed by atoms with Crippen LogP contribution in [-0.4, -0.2) is 69.1 Å². The number of benzene rings is 1. The fourth-order valence-electron chi connectivity index (χ4n) is 4.62. The minimum Gasteiger partial charge on any atom is -0.396 e. The van der Waals surface area contributed by atoms with E-state index in [0.717, 1.165) is 5.01 Å². The number of nitrogens with zero attached hydrogens (tertiary/aromatic N) is 2. The normalized spacial score (nSPS) is 28.0. The number of rotatable bonds is 2. The fourth-order valence-corrected chi connectivity index (χ4v) is 4.62. The van der Waals surface area contributed by atoms with E-state index in [9.17, 15) is 24.9 Å². The summed E-state index contributed by atoms with van der Waals surface area (Å²) in [5, 5.41) is 31.3. The van der Waals surface area contributed by atoms with Gasteiger partial charge in [0.25, 0.3) is 11.8 Å². The number of carbonyl (C=O) groups excluding carboxylic acids is 2. The molecule has 2 aliphatic heterocycles. The molecule has 0 radical (unpaired) electrons. The molecule has 3 atom stereocenters. The number of piperidine rings is 1. The standard InChI is InChI=1S/C14H16N2O5.C10H20/c17-7-8-5-15(6-11(18)12(8)19)16-13(20)9-3-1-2-4-10(9)14(16)21;1-2-4-6-8-10-9-7-5-3-1/h1-4,8,11-12,17-19H,5-7H2;1-10H2. The first-order valence-corrected chi connectivity index (χ1v) is 11.7. The monoisotopic (exact) mass is 432 g/mol. The summed E-state index contributed by atoms with van der Waals surface area (Å²) in [4.78, 5) is 24.7. The summed E-state index contributed by atoms with van der Waals surface area (Å²) in [5.41, 5.74) is 0.646. The van der Waals surface area contributed by atoms with E-state index < -0.39 is 29.9 Å². The van der Waals surface area contributed by atoms with Gasteiger partial charge in [0.05, 0.1) is 23.3 Å². The van der Waals surface area contributed by atoms with Gasteiger partial charge in [0.2, 0.25) is 0 Å². The maximum absolute atomic E-state index is 12.3. The molecule has 0 aromatic heterocycles. The molecule has 172 valence electrons. The number of hydrogen-bond donors (Lipinski definition) is 3. The smallest absolute Gasteiger partial charge is 0.276 e. The van der Waals surface area contributed by atoms with Crippen molar-refractivity contribution in [3.05, 3.63) is 35.4 Å². The second-order valence-corrected chi connectivity index (χ2v) is 8.88. The minimum absolute atomic E-state index is 0.0386. The van der Waals surface area contributed by atoms with Gasteiger partial charge in [-0.3, -0.25) is 9.59 Å². The summed E-state index contributed by atoms with van der Waals surface area (Å²) in [7, 11) is 0. The Kier molecular flexibility index (Phi) is 9.02. The molecule has 1 saturated heterocycles. The van der Waals surface area contributed by atoms with E-state index in [1.165, 1.54) is 69.2 Å². The van der Waals surface area contributed by atoms with Crippen molar-refractivity contribution in [1.82, 2.24) is 10.0 Å². The summed E-state index contributed by atoms with van der Waals surface area (Å²) < 4.78 is 0. The van der Waals surface area contributed by atoms with Crippen molar-refractivity contribution in [3.8, 4) is 0 Å². The maximum Gasteiger partial charge on any atom is 0.276 e. The molecule has 3 unspecified atom stereocenters. The first kappa shape index (κ1) is 23.9. The number of aliphatic hydroxyl groups is 3. The van der Waals surface area contributed by atoms with Crippen molar-refractivity contribution in [2.45, 2.75) is 76.4 Å². The van der Waals surface area contributed by atoms with Crippen molar-refractivity contribution in [1.29, 1.82) is 0 Å². The lowest BCUT2D eigenvalue weighted by molar-refractivity contribution is -0.124. The van der Waals surface area contributed by atoms with E-state index in [1.807, 2.05) is 0 Å². The molecule has 2 fully saturated rings. The topological polar surface area (TPSA) is 101 Å². The van der Waals surface area contributed by atoms with Crippen LogP contribution in [0.15, 0.2) is 24.3 Å². The van der Waals surface area contributed by atoms with Crippen LogP contribution in [0.25, 0.3) is 0 Å². The summed E-state index contributed by atoms with van der Waals surface area (Å²) >= 11 is 0. The number of aliphatic hydroxyl groups excluding tert-OH is 3. The summed E-state index contributed by atoms with van der Waals surface area (Å²) in [5.74, 6) is -1.51. The second kappa shape index (κ2) is 11.7. The highest BCUT2D eigenvalue weighted by atomic mass is 16.3. The summed E-state index contributed by atoms with van der Waals surface area (Å²) in [6.45, 7) is -0.249. The second-order valence-electron chi connectivity index (χ2n) is 8.88. The Balaban J connectivity index is 0.000000229. The third-order valence-electron chi connectivity index (χ3n) is 6.51. The number of β-amino-alcohol motifs (C(OH)–C–C–N with tert-alkyl or cyclic N) is 1. The van der Waals surface area contributed by atoms with Gasteiger partial charge in [-0.05, 0) is 12.1 Å². The zero-order valence-corrected chi connectivity index (χ0v) is 18.3. The van der Waals surface area contributed by atoms with Crippen molar-refractivity contribution in [3.63, 3.8) is 0 Å². The van der Waals surface area contributed by atoms with Crippen LogP contribution in [-0.2, 0) is 0 Å². The van der Waals surface area contributed by atoms with Gasteiger partial charge < -0.3 is 15.3 Å². The van der Waals surface area contributed by atoms with Crippen LogP contribution in [0, 0.1) is 5.92 Å². The maximum atomic E-state index is 12.3. The third-order valence-corrected chi connectivity index (χ3v) is 6.51. The van der Waals surface area contributed by atoms with Crippen LogP contribution in [0.1, 0.15) is 84.9 Å². The average molecular weight is 433 g/mol. The molecule has 0 bridgehead atoms. The van der Waals surface area contributed by atoms with E-state index in [-0.39, 0.29) is 19.7 Å². The molecule has 3 N–H and O–H groups in total. The van der Waals surface area contributed by atoms with Crippen molar-refractivity contribution in [2.24, 2.45) is 5.92 Å². The van der Waals surface area contributed by atoms with Gasteiger partial charge in [-0.2, -0.15) is 0 Å². The predicted molar refractivity (Wildman–Crippen MR) is 117 cm³/mol. The lowest BCUT2D eigenvalue weighted by Gasteiger charge is -2.41. The molecule has 2 amide bonds. The minimum atomic E-state index is -1.12. The molecule has 1 aliphatic carbocycles. The molecule has 7 nitrogen and oxygen atoms in total. The van der Waals surface area contributed by atoms with Gasteiger partial charge in [-0.15, -0.1) is 0 Å². The number of carbonyl (C=O) groups is 2. The zero-order chi connectivity index (χ0) is 22.2. The molecule has 1 aromatic carbocycles. The summed E-state index contributed by atoms with van der Waals surface area (Å²) in [6.07, 6.45) is 12.8. The van der Waals surface area contributed by atoms with Crippen molar-refractivity contribution >= 4 is 11.8 Å². The number of amides is 2. The van der Waals surface area contributed by atoms with Gasteiger partial charge in [0.15, 0.2) is 0 Å². The van der Waals surface area contributed by atoms with Crippen LogP contribution in [0.5, 0.6) is 0 Å². The summed E-state index contributed by atoms with van der Waals surface area (Å²) in [6, 6.07) is 6.51.